The molecule has 36 heavy (non-hydrogen) atoms. The second kappa shape index (κ2) is 16.2. The molecule has 0 saturated heterocycles. The lowest BCUT2D eigenvalue weighted by atomic mass is 10.1. The molecule has 0 radical (unpaired) electrons. The smallest absolute Gasteiger partial charge is 0.458 e. The topological polar surface area (TPSA) is 159 Å². The van der Waals surface area contributed by atoms with E-state index in [4.69, 9.17) is 38.9 Å². The van der Waals surface area contributed by atoms with E-state index >= 15 is 0 Å². The van der Waals surface area contributed by atoms with Crippen LogP contribution in [-0.4, -0.2) is 62.5 Å². The van der Waals surface area contributed by atoms with Crippen LogP contribution in [0.4, 0.5) is 14.4 Å². The standard InChI is InChI=1S/C24H35NO11/c1-6-11-31-23(28)35-19-10-9-17(14-20(19)36-24(29)32-12-7-2)13-18(25)21(26)33-15(4)16(5)34-22(27)30-8-3/h9-10,14-16,18H,6-8,11-13,25H2,1-5H3/t15-,16-,18-/m0/s1. The Morgan fingerprint density at radius 1 is 0.778 bits per heavy atom. The van der Waals surface area contributed by atoms with Crippen molar-refractivity contribution in [2.75, 3.05) is 19.8 Å². The maximum atomic E-state index is 12.5. The molecule has 3 atom stereocenters. The number of nitrogens with two attached hydrogens (primary N) is 1. The van der Waals surface area contributed by atoms with Crippen molar-refractivity contribution in [2.24, 2.45) is 5.73 Å². The molecular weight excluding hydrogens is 478 g/mol. The van der Waals surface area contributed by atoms with Gasteiger partial charge in [0.15, 0.2) is 11.5 Å². The largest absolute Gasteiger partial charge is 0.513 e. The van der Waals surface area contributed by atoms with Crippen LogP contribution in [0.15, 0.2) is 18.2 Å². The summed E-state index contributed by atoms with van der Waals surface area (Å²) >= 11 is 0. The molecule has 2 N–H and O–H groups in total. The van der Waals surface area contributed by atoms with Crippen molar-refractivity contribution in [1.82, 2.24) is 0 Å². The highest BCUT2D eigenvalue weighted by Crippen LogP contribution is 2.30. The molecule has 0 saturated carbocycles. The van der Waals surface area contributed by atoms with Crippen LogP contribution in [0.2, 0.25) is 0 Å². The van der Waals surface area contributed by atoms with Crippen molar-refractivity contribution in [3.8, 4) is 11.5 Å². The highest BCUT2D eigenvalue weighted by molar-refractivity contribution is 5.76. The van der Waals surface area contributed by atoms with Crippen LogP contribution in [0.1, 0.15) is 53.0 Å². The molecule has 0 unspecified atom stereocenters. The molecule has 202 valence electrons. The SMILES string of the molecule is CCCOC(=O)Oc1ccc(C[C@H](N)C(=O)O[C@@H](C)[C@H](C)OC(=O)OCC)cc1OC(=O)OCCC. The highest BCUT2D eigenvalue weighted by atomic mass is 16.7. The second-order valence-corrected chi connectivity index (χ2v) is 7.64. The van der Waals surface area contributed by atoms with Gasteiger partial charge in [-0.25, -0.2) is 14.4 Å². The Hall–Kier alpha value is -3.54. The summed E-state index contributed by atoms with van der Waals surface area (Å²) in [5, 5.41) is 0. The zero-order valence-corrected chi connectivity index (χ0v) is 21.3. The third kappa shape index (κ3) is 11.3. The van der Waals surface area contributed by atoms with E-state index in [1.807, 2.05) is 13.8 Å². The van der Waals surface area contributed by atoms with Crippen LogP contribution in [0.3, 0.4) is 0 Å². The minimum Gasteiger partial charge on any atom is -0.458 e. The fourth-order valence-electron chi connectivity index (χ4n) is 2.56. The maximum Gasteiger partial charge on any atom is 0.513 e. The Kier molecular flexibility index (Phi) is 13.7. The van der Waals surface area contributed by atoms with Crippen molar-refractivity contribution in [3.63, 3.8) is 0 Å². The van der Waals surface area contributed by atoms with Gasteiger partial charge in [-0.05, 0) is 57.7 Å². The molecule has 0 bridgehead atoms. The monoisotopic (exact) mass is 513 g/mol. The fraction of sp³-hybridized carbons (Fsp3) is 0.583. The Bertz CT molecular complexity index is 874. The van der Waals surface area contributed by atoms with E-state index in [1.54, 1.807) is 20.8 Å². The number of hydrogen-bond donors (Lipinski definition) is 1. The summed E-state index contributed by atoms with van der Waals surface area (Å²) in [6, 6.07) is 3.21. The van der Waals surface area contributed by atoms with Crippen molar-refractivity contribution in [2.45, 2.75) is 72.1 Å². The predicted molar refractivity (Wildman–Crippen MR) is 126 cm³/mol. The summed E-state index contributed by atoms with van der Waals surface area (Å²) in [7, 11) is 0. The fourth-order valence-corrected chi connectivity index (χ4v) is 2.56. The van der Waals surface area contributed by atoms with Gasteiger partial charge in [0.25, 0.3) is 0 Å². The Morgan fingerprint density at radius 2 is 1.33 bits per heavy atom. The number of hydrogen-bond acceptors (Lipinski definition) is 12. The van der Waals surface area contributed by atoms with Crippen LogP contribution < -0.4 is 15.2 Å². The van der Waals surface area contributed by atoms with Crippen LogP contribution >= 0.6 is 0 Å². The predicted octanol–water partition coefficient (Wildman–Crippen LogP) is 3.90. The van der Waals surface area contributed by atoms with Gasteiger partial charge in [0.1, 0.15) is 18.2 Å². The molecule has 0 heterocycles. The van der Waals surface area contributed by atoms with E-state index in [0.717, 1.165) is 0 Å². The van der Waals surface area contributed by atoms with Crippen molar-refractivity contribution in [3.05, 3.63) is 23.8 Å². The average molecular weight is 514 g/mol. The first-order chi connectivity index (χ1) is 17.1. The molecule has 0 aromatic heterocycles. The third-order valence-electron chi connectivity index (χ3n) is 4.51. The summed E-state index contributed by atoms with van der Waals surface area (Å²) in [6.45, 7) is 8.82. The van der Waals surface area contributed by atoms with Crippen LogP contribution in [0.25, 0.3) is 0 Å². The average Bonchev–Trinajstić information content (AvgIpc) is 2.82. The number of ether oxygens (including phenoxy) is 7. The lowest BCUT2D eigenvalue weighted by Gasteiger charge is -2.22. The minimum absolute atomic E-state index is 0.000400. The lowest BCUT2D eigenvalue weighted by Crippen LogP contribution is -2.39. The lowest BCUT2D eigenvalue weighted by molar-refractivity contribution is -0.155. The summed E-state index contributed by atoms with van der Waals surface area (Å²) in [4.78, 5) is 47.7. The van der Waals surface area contributed by atoms with Gasteiger partial charge in [-0.1, -0.05) is 19.9 Å². The van der Waals surface area contributed by atoms with E-state index in [-0.39, 0.29) is 37.7 Å². The van der Waals surface area contributed by atoms with Crippen molar-refractivity contribution >= 4 is 24.4 Å². The Morgan fingerprint density at radius 3 is 1.89 bits per heavy atom. The summed E-state index contributed by atoms with van der Waals surface area (Å²) in [6.07, 6.45) is -3.20. The van der Waals surface area contributed by atoms with Gasteiger partial charge in [-0.2, -0.15) is 0 Å². The van der Waals surface area contributed by atoms with Crippen molar-refractivity contribution < 1.29 is 52.3 Å². The summed E-state index contributed by atoms with van der Waals surface area (Å²) in [5.74, 6) is -0.939. The third-order valence-corrected chi connectivity index (χ3v) is 4.51. The molecule has 0 aliphatic carbocycles. The van der Waals surface area contributed by atoms with Crippen molar-refractivity contribution in [1.29, 1.82) is 0 Å². The molecule has 0 aliphatic heterocycles. The molecule has 0 spiro atoms. The van der Waals surface area contributed by atoms with Gasteiger partial charge in [0.2, 0.25) is 0 Å². The molecule has 0 amide bonds. The summed E-state index contributed by atoms with van der Waals surface area (Å²) < 4.78 is 35.1. The van der Waals surface area contributed by atoms with Gasteiger partial charge in [0.05, 0.1) is 19.8 Å². The van der Waals surface area contributed by atoms with E-state index < -0.39 is 42.7 Å². The molecule has 1 rings (SSSR count). The molecule has 1 aromatic rings. The number of esters is 1. The first-order valence-electron chi connectivity index (χ1n) is 11.7. The van der Waals surface area contributed by atoms with Gasteiger partial charge in [0, 0.05) is 0 Å². The van der Waals surface area contributed by atoms with Crippen LogP contribution in [0, 0.1) is 0 Å². The first-order valence-corrected chi connectivity index (χ1v) is 11.7. The number of benzene rings is 1. The molecule has 0 aliphatic rings. The summed E-state index contributed by atoms with van der Waals surface area (Å²) in [5.41, 5.74) is 6.47. The van der Waals surface area contributed by atoms with Gasteiger partial charge in [-0.3, -0.25) is 4.79 Å². The zero-order chi connectivity index (χ0) is 27.1. The highest BCUT2D eigenvalue weighted by Gasteiger charge is 2.25. The molecule has 12 nitrogen and oxygen atoms in total. The van der Waals surface area contributed by atoms with Crippen LogP contribution in [0.5, 0.6) is 11.5 Å². The number of rotatable bonds is 13. The van der Waals surface area contributed by atoms with E-state index in [9.17, 15) is 19.2 Å². The van der Waals surface area contributed by atoms with E-state index in [2.05, 4.69) is 0 Å². The first kappa shape index (κ1) is 30.5. The number of carbonyl (C=O) groups excluding carboxylic acids is 4. The number of carbonyl (C=O) groups is 4. The van der Waals surface area contributed by atoms with Gasteiger partial charge in [-0.15, -0.1) is 0 Å². The van der Waals surface area contributed by atoms with E-state index in [1.165, 1.54) is 18.2 Å². The Labute approximate surface area is 210 Å². The van der Waals surface area contributed by atoms with Crippen LogP contribution in [-0.2, 0) is 34.9 Å². The molecule has 0 fully saturated rings. The molecule has 12 heteroatoms. The minimum atomic E-state index is -1.09. The quantitative estimate of drug-likeness (QED) is 0.231. The Balaban J connectivity index is 2.89. The maximum absolute atomic E-state index is 12.5. The van der Waals surface area contributed by atoms with Gasteiger partial charge < -0.3 is 38.9 Å². The zero-order valence-electron chi connectivity index (χ0n) is 21.3. The molecular formula is C24H35NO11. The second-order valence-electron chi connectivity index (χ2n) is 7.64. The van der Waals surface area contributed by atoms with E-state index in [0.29, 0.717) is 18.4 Å². The molecule has 1 aromatic carbocycles. The normalized spacial score (nSPS) is 12.9. The van der Waals surface area contributed by atoms with Gasteiger partial charge >= 0.3 is 24.4 Å².